The van der Waals surface area contributed by atoms with Gasteiger partial charge < -0.3 is 0 Å². The SMILES string of the molecule is Cc1cc2c(cc1C)-c1sc(C)c(C)c1C2. The van der Waals surface area contributed by atoms with E-state index in [1.165, 1.54) is 37.6 Å². The van der Waals surface area contributed by atoms with Crippen LogP contribution in [0.15, 0.2) is 12.1 Å². The van der Waals surface area contributed by atoms with Gasteiger partial charge in [-0.3, -0.25) is 0 Å². The summed E-state index contributed by atoms with van der Waals surface area (Å²) < 4.78 is 0. The van der Waals surface area contributed by atoms with Crippen LogP contribution in [0.1, 0.15) is 32.7 Å². The van der Waals surface area contributed by atoms with Crippen LogP contribution >= 0.6 is 11.3 Å². The fourth-order valence-electron chi connectivity index (χ4n) is 2.53. The summed E-state index contributed by atoms with van der Waals surface area (Å²) in [5.41, 5.74) is 8.92. The Morgan fingerprint density at radius 2 is 1.69 bits per heavy atom. The van der Waals surface area contributed by atoms with Crippen LogP contribution in [-0.4, -0.2) is 0 Å². The zero-order chi connectivity index (χ0) is 11.4. The molecule has 1 heterocycles. The summed E-state index contributed by atoms with van der Waals surface area (Å²) >= 11 is 1.96. The van der Waals surface area contributed by atoms with E-state index in [0.717, 1.165) is 6.42 Å². The highest BCUT2D eigenvalue weighted by atomic mass is 32.1. The van der Waals surface area contributed by atoms with Gasteiger partial charge in [-0.2, -0.15) is 0 Å². The third kappa shape index (κ3) is 1.21. The highest BCUT2D eigenvalue weighted by Gasteiger charge is 2.23. The quantitative estimate of drug-likeness (QED) is 0.529. The molecule has 0 nitrogen and oxygen atoms in total. The molecule has 16 heavy (non-hydrogen) atoms. The lowest BCUT2D eigenvalue weighted by molar-refractivity contribution is 1.20. The summed E-state index contributed by atoms with van der Waals surface area (Å²) in [6, 6.07) is 4.73. The van der Waals surface area contributed by atoms with Gasteiger partial charge in [-0.05, 0) is 67.5 Å². The first-order chi connectivity index (χ1) is 7.58. The van der Waals surface area contributed by atoms with Crippen LogP contribution in [0.5, 0.6) is 0 Å². The number of thiophene rings is 1. The van der Waals surface area contributed by atoms with Crippen LogP contribution in [-0.2, 0) is 6.42 Å². The first-order valence-electron chi connectivity index (χ1n) is 5.77. The zero-order valence-corrected chi connectivity index (χ0v) is 11.1. The van der Waals surface area contributed by atoms with Crippen molar-refractivity contribution in [1.29, 1.82) is 0 Å². The van der Waals surface area contributed by atoms with Crippen LogP contribution in [0.25, 0.3) is 10.4 Å². The van der Waals surface area contributed by atoms with E-state index in [1.807, 2.05) is 11.3 Å². The lowest BCUT2D eigenvalue weighted by Gasteiger charge is -2.05. The largest absolute Gasteiger partial charge is 0.140 e. The zero-order valence-electron chi connectivity index (χ0n) is 10.3. The topological polar surface area (TPSA) is 0 Å². The van der Waals surface area contributed by atoms with E-state index in [2.05, 4.69) is 39.8 Å². The molecule has 1 aromatic heterocycles. The number of fused-ring (bicyclic) bond motifs is 3. The third-order valence-electron chi connectivity index (χ3n) is 3.84. The van der Waals surface area contributed by atoms with Gasteiger partial charge in [0.2, 0.25) is 0 Å². The Kier molecular flexibility index (Phi) is 2.02. The Bertz CT molecular complexity index is 588. The minimum absolute atomic E-state index is 1.14. The second kappa shape index (κ2) is 3.21. The van der Waals surface area contributed by atoms with E-state index in [1.54, 1.807) is 5.56 Å². The molecule has 0 spiro atoms. The Labute approximate surface area is 101 Å². The van der Waals surface area contributed by atoms with Crippen molar-refractivity contribution >= 4 is 11.3 Å². The van der Waals surface area contributed by atoms with Crippen molar-refractivity contribution in [3.05, 3.63) is 44.8 Å². The number of hydrogen-bond donors (Lipinski definition) is 0. The van der Waals surface area contributed by atoms with E-state index < -0.39 is 0 Å². The molecular formula is C15H16S. The minimum atomic E-state index is 1.14. The Morgan fingerprint density at radius 3 is 2.44 bits per heavy atom. The first-order valence-corrected chi connectivity index (χ1v) is 6.59. The van der Waals surface area contributed by atoms with Gasteiger partial charge >= 0.3 is 0 Å². The third-order valence-corrected chi connectivity index (χ3v) is 5.12. The summed E-state index contributed by atoms with van der Waals surface area (Å²) in [5, 5.41) is 0. The molecule has 0 unspecified atom stereocenters. The Balaban J connectivity index is 2.28. The summed E-state index contributed by atoms with van der Waals surface area (Å²) in [7, 11) is 0. The van der Waals surface area contributed by atoms with Crippen LogP contribution < -0.4 is 0 Å². The molecule has 1 aliphatic carbocycles. The molecule has 1 heteroatoms. The molecule has 0 amide bonds. The Morgan fingerprint density at radius 1 is 1.00 bits per heavy atom. The number of hydrogen-bond acceptors (Lipinski definition) is 1. The van der Waals surface area contributed by atoms with Crippen LogP contribution in [0.2, 0.25) is 0 Å². The highest BCUT2D eigenvalue weighted by Crippen LogP contribution is 2.45. The van der Waals surface area contributed by atoms with Gasteiger partial charge in [-0.15, -0.1) is 11.3 Å². The van der Waals surface area contributed by atoms with Crippen molar-refractivity contribution in [2.75, 3.05) is 0 Å². The highest BCUT2D eigenvalue weighted by molar-refractivity contribution is 7.16. The molecule has 0 atom stereocenters. The van der Waals surface area contributed by atoms with Crippen molar-refractivity contribution in [1.82, 2.24) is 0 Å². The van der Waals surface area contributed by atoms with Crippen LogP contribution in [0.4, 0.5) is 0 Å². The second-order valence-corrected chi connectivity index (χ2v) is 6.09. The van der Waals surface area contributed by atoms with E-state index in [4.69, 9.17) is 0 Å². The Hall–Kier alpha value is -1.08. The van der Waals surface area contributed by atoms with Crippen LogP contribution in [0, 0.1) is 27.7 Å². The second-order valence-electron chi connectivity index (χ2n) is 4.86. The maximum atomic E-state index is 2.37. The van der Waals surface area contributed by atoms with Gasteiger partial charge in [0, 0.05) is 9.75 Å². The minimum Gasteiger partial charge on any atom is -0.140 e. The first kappa shape index (κ1) is 10.1. The maximum Gasteiger partial charge on any atom is 0.0386 e. The number of aryl methyl sites for hydroxylation is 3. The lowest BCUT2D eigenvalue weighted by atomic mass is 10.0. The van der Waals surface area contributed by atoms with Crippen molar-refractivity contribution in [2.45, 2.75) is 34.1 Å². The van der Waals surface area contributed by atoms with Crippen molar-refractivity contribution in [3.8, 4) is 10.4 Å². The van der Waals surface area contributed by atoms with E-state index in [9.17, 15) is 0 Å². The molecule has 0 aliphatic heterocycles. The van der Waals surface area contributed by atoms with E-state index in [0.29, 0.717) is 0 Å². The normalized spacial score (nSPS) is 12.8. The molecule has 0 fully saturated rings. The molecule has 1 aliphatic rings. The fraction of sp³-hybridized carbons (Fsp3) is 0.333. The number of benzene rings is 1. The monoisotopic (exact) mass is 228 g/mol. The number of rotatable bonds is 0. The van der Waals surface area contributed by atoms with Crippen molar-refractivity contribution < 1.29 is 0 Å². The van der Waals surface area contributed by atoms with E-state index >= 15 is 0 Å². The molecule has 0 bridgehead atoms. The van der Waals surface area contributed by atoms with Gasteiger partial charge in [0.1, 0.15) is 0 Å². The predicted octanol–water partition coefficient (Wildman–Crippen LogP) is 4.55. The lowest BCUT2D eigenvalue weighted by Crippen LogP contribution is -1.87. The van der Waals surface area contributed by atoms with Gasteiger partial charge in [-0.25, -0.2) is 0 Å². The summed E-state index contributed by atoms with van der Waals surface area (Å²) in [6.07, 6.45) is 1.14. The maximum absolute atomic E-state index is 2.37. The molecule has 0 N–H and O–H groups in total. The summed E-state index contributed by atoms with van der Waals surface area (Å²) in [5.74, 6) is 0. The molecule has 1 aromatic carbocycles. The van der Waals surface area contributed by atoms with Crippen LogP contribution in [0.3, 0.4) is 0 Å². The van der Waals surface area contributed by atoms with E-state index in [-0.39, 0.29) is 0 Å². The standard InChI is InChI=1S/C15H16S/c1-8-5-12-7-13-10(3)11(4)16-15(13)14(12)6-9(8)2/h5-6H,7H2,1-4H3. The predicted molar refractivity (Wildman–Crippen MR) is 71.5 cm³/mol. The molecular weight excluding hydrogens is 212 g/mol. The van der Waals surface area contributed by atoms with Gasteiger partial charge in [0.15, 0.2) is 0 Å². The van der Waals surface area contributed by atoms with Crippen molar-refractivity contribution in [2.24, 2.45) is 0 Å². The van der Waals surface area contributed by atoms with Gasteiger partial charge in [0.05, 0.1) is 0 Å². The average Bonchev–Trinajstić information content (AvgIpc) is 2.69. The van der Waals surface area contributed by atoms with Gasteiger partial charge in [-0.1, -0.05) is 12.1 Å². The fourth-order valence-corrected chi connectivity index (χ4v) is 3.76. The molecule has 0 saturated carbocycles. The molecule has 2 aromatic rings. The summed E-state index contributed by atoms with van der Waals surface area (Å²) in [4.78, 5) is 3.00. The molecule has 3 rings (SSSR count). The average molecular weight is 228 g/mol. The van der Waals surface area contributed by atoms with Gasteiger partial charge in [0.25, 0.3) is 0 Å². The smallest absolute Gasteiger partial charge is 0.0386 e. The summed E-state index contributed by atoms with van der Waals surface area (Å²) in [6.45, 7) is 8.91. The molecule has 0 radical (unpaired) electrons. The van der Waals surface area contributed by atoms with Crippen molar-refractivity contribution in [3.63, 3.8) is 0 Å². The molecule has 0 saturated heterocycles. The molecule has 82 valence electrons.